The second-order valence-corrected chi connectivity index (χ2v) is 4.85. The number of para-hydroxylation sites is 1. The first-order valence-corrected chi connectivity index (χ1v) is 6.56. The predicted molar refractivity (Wildman–Crippen MR) is 74.7 cm³/mol. The number of aromatic nitrogens is 1. The fourth-order valence-electron chi connectivity index (χ4n) is 1.50. The zero-order chi connectivity index (χ0) is 13.7. The fourth-order valence-corrected chi connectivity index (χ4v) is 2.29. The van der Waals surface area contributed by atoms with Gasteiger partial charge in [0, 0.05) is 0 Å². The van der Waals surface area contributed by atoms with Crippen LogP contribution >= 0.6 is 11.3 Å². The molecule has 0 fully saturated rings. The first-order valence-electron chi connectivity index (χ1n) is 5.68. The summed E-state index contributed by atoms with van der Waals surface area (Å²) >= 11 is 1.30. The maximum absolute atomic E-state index is 10.9. The van der Waals surface area contributed by atoms with Crippen molar-refractivity contribution in [3.63, 3.8) is 0 Å². The lowest BCUT2D eigenvalue weighted by molar-refractivity contribution is 0.0691. The quantitative estimate of drug-likeness (QED) is 0.909. The van der Waals surface area contributed by atoms with Crippen molar-refractivity contribution < 1.29 is 14.6 Å². The van der Waals surface area contributed by atoms with Gasteiger partial charge in [0.2, 0.25) is 0 Å². The highest BCUT2D eigenvalue weighted by Gasteiger charge is 2.11. The molecule has 0 saturated carbocycles. The Bertz CT molecular complexity index is 590. The van der Waals surface area contributed by atoms with Crippen molar-refractivity contribution in [2.75, 3.05) is 6.61 Å². The SMILES string of the molecule is C/C(=C\c1scnc1C(=O)O)COc1ccccc1. The first kappa shape index (κ1) is 13.3. The van der Waals surface area contributed by atoms with Gasteiger partial charge in [-0.15, -0.1) is 11.3 Å². The molecular weight excluding hydrogens is 262 g/mol. The molecule has 0 atom stereocenters. The number of hydrogen-bond acceptors (Lipinski definition) is 4. The third-order valence-corrected chi connectivity index (χ3v) is 3.16. The molecule has 1 aromatic heterocycles. The van der Waals surface area contributed by atoms with Gasteiger partial charge in [-0.1, -0.05) is 18.2 Å². The Morgan fingerprint density at radius 1 is 1.42 bits per heavy atom. The van der Waals surface area contributed by atoms with Crippen molar-refractivity contribution in [3.8, 4) is 5.75 Å². The number of benzene rings is 1. The summed E-state index contributed by atoms with van der Waals surface area (Å²) in [4.78, 5) is 15.4. The van der Waals surface area contributed by atoms with Gasteiger partial charge in [0.05, 0.1) is 10.4 Å². The van der Waals surface area contributed by atoms with Crippen molar-refractivity contribution in [1.82, 2.24) is 4.98 Å². The molecule has 0 unspecified atom stereocenters. The number of aromatic carboxylic acids is 1. The van der Waals surface area contributed by atoms with Gasteiger partial charge >= 0.3 is 5.97 Å². The van der Waals surface area contributed by atoms with E-state index in [9.17, 15) is 4.79 Å². The van der Waals surface area contributed by atoms with Gasteiger partial charge in [-0.2, -0.15) is 0 Å². The third-order valence-electron chi connectivity index (χ3n) is 2.38. The number of carboxylic acids is 1. The predicted octanol–water partition coefficient (Wildman–Crippen LogP) is 3.32. The Morgan fingerprint density at radius 3 is 2.84 bits per heavy atom. The molecule has 0 aliphatic rings. The summed E-state index contributed by atoms with van der Waals surface area (Å²) < 4.78 is 5.59. The van der Waals surface area contributed by atoms with Gasteiger partial charge in [-0.3, -0.25) is 0 Å². The molecule has 0 saturated heterocycles. The van der Waals surface area contributed by atoms with Gasteiger partial charge in [0.15, 0.2) is 5.69 Å². The molecule has 0 aliphatic carbocycles. The molecule has 0 spiro atoms. The highest BCUT2D eigenvalue weighted by atomic mass is 32.1. The highest BCUT2D eigenvalue weighted by molar-refractivity contribution is 7.10. The van der Waals surface area contributed by atoms with Gasteiger partial charge in [-0.05, 0) is 30.7 Å². The largest absolute Gasteiger partial charge is 0.489 e. The number of ether oxygens (including phenoxy) is 1. The third kappa shape index (κ3) is 3.66. The fraction of sp³-hybridized carbons (Fsp3) is 0.143. The number of thiazole rings is 1. The summed E-state index contributed by atoms with van der Waals surface area (Å²) in [5.74, 6) is -0.220. The minimum Gasteiger partial charge on any atom is -0.489 e. The molecule has 0 bridgehead atoms. The number of carboxylic acid groups (broad SMARTS) is 1. The molecule has 0 amide bonds. The van der Waals surface area contributed by atoms with E-state index >= 15 is 0 Å². The maximum Gasteiger partial charge on any atom is 0.356 e. The summed E-state index contributed by atoms with van der Waals surface area (Å²) in [6.45, 7) is 2.31. The molecule has 98 valence electrons. The summed E-state index contributed by atoms with van der Waals surface area (Å²) in [6, 6.07) is 9.48. The summed E-state index contributed by atoms with van der Waals surface area (Å²) in [6.07, 6.45) is 1.80. The van der Waals surface area contributed by atoms with E-state index in [0.717, 1.165) is 11.3 Å². The van der Waals surface area contributed by atoms with Gasteiger partial charge in [0.1, 0.15) is 12.4 Å². The summed E-state index contributed by atoms with van der Waals surface area (Å²) in [5, 5.41) is 8.96. The summed E-state index contributed by atoms with van der Waals surface area (Å²) in [5.41, 5.74) is 2.56. The van der Waals surface area contributed by atoms with E-state index in [0.29, 0.717) is 11.5 Å². The van der Waals surface area contributed by atoms with Crippen LogP contribution in [0.5, 0.6) is 5.75 Å². The van der Waals surface area contributed by atoms with Crippen LogP contribution in [-0.2, 0) is 0 Å². The Kier molecular flexibility index (Phi) is 4.30. The van der Waals surface area contributed by atoms with E-state index in [1.54, 1.807) is 6.08 Å². The molecule has 19 heavy (non-hydrogen) atoms. The zero-order valence-electron chi connectivity index (χ0n) is 10.4. The van der Waals surface area contributed by atoms with Crippen LogP contribution in [0.1, 0.15) is 22.3 Å². The van der Waals surface area contributed by atoms with Crippen molar-refractivity contribution in [1.29, 1.82) is 0 Å². The standard InChI is InChI=1S/C14H13NO3S/c1-10(8-18-11-5-3-2-4-6-11)7-12-13(14(16)17)15-9-19-12/h2-7,9H,8H2,1H3,(H,16,17)/b10-7+. The van der Waals surface area contributed by atoms with Crippen molar-refractivity contribution in [2.24, 2.45) is 0 Å². The van der Waals surface area contributed by atoms with E-state index in [-0.39, 0.29) is 5.69 Å². The average molecular weight is 275 g/mol. The second kappa shape index (κ2) is 6.15. The lowest BCUT2D eigenvalue weighted by Crippen LogP contribution is -2.00. The molecule has 5 heteroatoms. The van der Waals surface area contributed by atoms with Crippen LogP contribution < -0.4 is 4.74 Å². The monoisotopic (exact) mass is 275 g/mol. The van der Waals surface area contributed by atoms with E-state index in [1.165, 1.54) is 16.8 Å². The van der Waals surface area contributed by atoms with Crippen molar-refractivity contribution in [3.05, 3.63) is 52.0 Å². The smallest absolute Gasteiger partial charge is 0.356 e. The average Bonchev–Trinajstić information content (AvgIpc) is 2.86. The Hall–Kier alpha value is -2.14. The van der Waals surface area contributed by atoms with Crippen molar-refractivity contribution in [2.45, 2.75) is 6.92 Å². The molecule has 0 aliphatic heterocycles. The maximum atomic E-state index is 10.9. The van der Waals surface area contributed by atoms with Crippen LogP contribution in [0.3, 0.4) is 0 Å². The van der Waals surface area contributed by atoms with E-state index in [1.807, 2.05) is 37.3 Å². The van der Waals surface area contributed by atoms with Crippen molar-refractivity contribution >= 4 is 23.4 Å². The molecule has 2 rings (SSSR count). The Morgan fingerprint density at radius 2 is 2.16 bits per heavy atom. The molecule has 1 heterocycles. The topological polar surface area (TPSA) is 59.4 Å². The van der Waals surface area contributed by atoms with E-state index < -0.39 is 5.97 Å². The lowest BCUT2D eigenvalue weighted by Gasteiger charge is -2.05. The van der Waals surface area contributed by atoms with E-state index in [2.05, 4.69) is 4.98 Å². The molecule has 4 nitrogen and oxygen atoms in total. The second-order valence-electron chi connectivity index (χ2n) is 3.96. The Labute approximate surface area is 115 Å². The number of hydrogen-bond donors (Lipinski definition) is 1. The molecular formula is C14H13NO3S. The minimum absolute atomic E-state index is 0.0871. The van der Waals surface area contributed by atoms with Crippen LogP contribution in [0, 0.1) is 0 Å². The first-order chi connectivity index (χ1) is 9.16. The van der Waals surface area contributed by atoms with Crippen LogP contribution in [0.4, 0.5) is 0 Å². The molecule has 0 radical (unpaired) electrons. The number of carbonyl (C=O) groups is 1. The van der Waals surface area contributed by atoms with Gasteiger partial charge < -0.3 is 9.84 Å². The minimum atomic E-state index is -1.01. The Balaban J connectivity index is 2.03. The lowest BCUT2D eigenvalue weighted by atomic mass is 10.2. The highest BCUT2D eigenvalue weighted by Crippen LogP contribution is 2.18. The van der Waals surface area contributed by atoms with Crippen LogP contribution in [0.15, 0.2) is 41.4 Å². The molecule has 1 aromatic carbocycles. The zero-order valence-corrected chi connectivity index (χ0v) is 11.2. The number of nitrogens with zero attached hydrogens (tertiary/aromatic N) is 1. The van der Waals surface area contributed by atoms with Crippen LogP contribution in [-0.4, -0.2) is 22.7 Å². The summed E-state index contributed by atoms with van der Waals surface area (Å²) in [7, 11) is 0. The van der Waals surface area contributed by atoms with E-state index in [4.69, 9.17) is 9.84 Å². The van der Waals surface area contributed by atoms with Crippen LogP contribution in [0.25, 0.3) is 6.08 Å². The number of rotatable bonds is 5. The normalized spacial score (nSPS) is 11.3. The van der Waals surface area contributed by atoms with Gasteiger partial charge in [-0.25, -0.2) is 9.78 Å². The van der Waals surface area contributed by atoms with Gasteiger partial charge in [0.25, 0.3) is 0 Å². The molecule has 1 N–H and O–H groups in total. The molecule has 2 aromatic rings. The van der Waals surface area contributed by atoms with Crippen LogP contribution in [0.2, 0.25) is 0 Å².